The maximum Gasteiger partial charge on any atom is 0.277 e. The van der Waals surface area contributed by atoms with E-state index in [-0.39, 0.29) is 5.56 Å². The molecule has 0 unspecified atom stereocenters. The van der Waals surface area contributed by atoms with Gasteiger partial charge in [-0.05, 0) is 31.7 Å². The minimum absolute atomic E-state index is 0.0288. The van der Waals surface area contributed by atoms with E-state index in [9.17, 15) is 4.79 Å². The number of ether oxygens (including phenoxy) is 1. The summed E-state index contributed by atoms with van der Waals surface area (Å²) in [6.45, 7) is 4.69. The van der Waals surface area contributed by atoms with E-state index in [4.69, 9.17) is 4.74 Å². The van der Waals surface area contributed by atoms with E-state index in [1.807, 2.05) is 34.9 Å². The van der Waals surface area contributed by atoms with Crippen molar-refractivity contribution in [3.8, 4) is 5.88 Å². The lowest BCUT2D eigenvalue weighted by Gasteiger charge is -2.13. The Balaban J connectivity index is 2.17. The summed E-state index contributed by atoms with van der Waals surface area (Å²) in [6.07, 6.45) is 3.14. The van der Waals surface area contributed by atoms with Crippen LogP contribution in [0.5, 0.6) is 5.88 Å². The first-order chi connectivity index (χ1) is 11.1. The molecule has 0 radical (unpaired) electrons. The molecule has 0 spiro atoms. The van der Waals surface area contributed by atoms with E-state index in [1.165, 1.54) is 12.8 Å². The number of aromatic nitrogens is 4. The molecule has 1 fully saturated rings. The van der Waals surface area contributed by atoms with Crippen LogP contribution in [0.4, 0.5) is 0 Å². The van der Waals surface area contributed by atoms with Crippen molar-refractivity contribution in [3.05, 3.63) is 34.0 Å². The van der Waals surface area contributed by atoms with Crippen LogP contribution in [0.2, 0.25) is 0 Å². The average molecular weight is 312 g/mol. The van der Waals surface area contributed by atoms with Crippen LogP contribution >= 0.6 is 0 Å². The van der Waals surface area contributed by atoms with Gasteiger partial charge in [0.25, 0.3) is 5.56 Å². The highest BCUT2D eigenvalue weighted by atomic mass is 16.5. The van der Waals surface area contributed by atoms with Crippen LogP contribution in [0, 0.1) is 12.8 Å². The third kappa shape index (κ3) is 2.12. The van der Waals surface area contributed by atoms with Gasteiger partial charge in [0, 0.05) is 19.0 Å². The van der Waals surface area contributed by atoms with Crippen LogP contribution in [-0.2, 0) is 13.0 Å². The Hall–Kier alpha value is -2.37. The Morgan fingerprint density at radius 1 is 1.30 bits per heavy atom. The van der Waals surface area contributed by atoms with E-state index in [1.54, 1.807) is 7.11 Å². The smallest absolute Gasteiger partial charge is 0.277 e. The van der Waals surface area contributed by atoms with Crippen molar-refractivity contribution in [2.24, 2.45) is 5.92 Å². The van der Waals surface area contributed by atoms with Gasteiger partial charge in [-0.25, -0.2) is 4.98 Å². The minimum atomic E-state index is 0.0288. The predicted molar refractivity (Wildman–Crippen MR) is 88.1 cm³/mol. The number of fused-ring (bicyclic) bond motifs is 3. The topological polar surface area (TPSA) is 61.4 Å². The fraction of sp³-hybridized carbons (Fsp3) is 0.471. The Morgan fingerprint density at radius 2 is 2.09 bits per heavy atom. The molecule has 6 nitrogen and oxygen atoms in total. The summed E-state index contributed by atoms with van der Waals surface area (Å²) in [4.78, 5) is 22.2. The van der Waals surface area contributed by atoms with Crippen LogP contribution in [0.1, 0.15) is 31.3 Å². The maximum absolute atomic E-state index is 13.1. The van der Waals surface area contributed by atoms with Crippen LogP contribution in [0.25, 0.3) is 16.7 Å². The number of hydrogen-bond donors (Lipinski definition) is 0. The summed E-state index contributed by atoms with van der Waals surface area (Å²) in [5.74, 6) is 2.01. The summed E-state index contributed by atoms with van der Waals surface area (Å²) in [7, 11) is 1.60. The van der Waals surface area contributed by atoms with E-state index in [0.29, 0.717) is 17.3 Å². The number of pyridine rings is 1. The third-order valence-electron chi connectivity index (χ3n) is 4.56. The van der Waals surface area contributed by atoms with Crippen molar-refractivity contribution in [2.45, 2.75) is 39.7 Å². The van der Waals surface area contributed by atoms with Gasteiger partial charge in [0.15, 0.2) is 5.65 Å². The number of imidazole rings is 1. The number of rotatable bonds is 4. The molecule has 0 bridgehead atoms. The number of hydrogen-bond acceptors (Lipinski definition) is 4. The summed E-state index contributed by atoms with van der Waals surface area (Å²) in [5.41, 5.74) is 3.03. The second-order valence-electron chi connectivity index (χ2n) is 6.21. The average Bonchev–Trinajstić information content (AvgIpc) is 3.32. The SMILES string of the molecule is CCc1nc(C)c2c(=O)n(CC3CC3)c3ccc(OC)nc3n12. The zero-order chi connectivity index (χ0) is 16.1. The normalized spacial score (nSPS) is 14.7. The first kappa shape index (κ1) is 14.2. The van der Waals surface area contributed by atoms with Gasteiger partial charge in [-0.1, -0.05) is 6.92 Å². The Morgan fingerprint density at radius 3 is 2.74 bits per heavy atom. The van der Waals surface area contributed by atoms with Gasteiger partial charge in [0.2, 0.25) is 5.88 Å². The Bertz CT molecular complexity index is 966. The zero-order valence-electron chi connectivity index (χ0n) is 13.7. The van der Waals surface area contributed by atoms with Gasteiger partial charge in [0.1, 0.15) is 11.3 Å². The molecule has 0 amide bonds. The van der Waals surface area contributed by atoms with Crippen LogP contribution in [0.3, 0.4) is 0 Å². The lowest BCUT2D eigenvalue weighted by atomic mass is 10.3. The molecule has 1 aliphatic carbocycles. The number of methoxy groups -OCH3 is 1. The molecule has 1 aliphatic rings. The van der Waals surface area contributed by atoms with Crippen LogP contribution in [0.15, 0.2) is 16.9 Å². The highest BCUT2D eigenvalue weighted by Gasteiger charge is 2.25. The fourth-order valence-electron chi connectivity index (χ4n) is 3.19. The van der Waals surface area contributed by atoms with Gasteiger partial charge in [0.05, 0.1) is 18.3 Å². The van der Waals surface area contributed by atoms with Crippen molar-refractivity contribution >= 4 is 16.7 Å². The van der Waals surface area contributed by atoms with Crippen LogP contribution < -0.4 is 10.3 Å². The third-order valence-corrected chi connectivity index (χ3v) is 4.56. The second-order valence-corrected chi connectivity index (χ2v) is 6.21. The molecule has 0 atom stereocenters. The summed E-state index contributed by atoms with van der Waals surface area (Å²) in [6, 6.07) is 3.74. The van der Waals surface area contributed by atoms with E-state index in [0.717, 1.165) is 35.6 Å². The highest BCUT2D eigenvalue weighted by molar-refractivity contribution is 5.77. The van der Waals surface area contributed by atoms with E-state index < -0.39 is 0 Å². The first-order valence-electron chi connectivity index (χ1n) is 8.09. The Kier molecular flexibility index (Phi) is 3.14. The number of aryl methyl sites for hydroxylation is 2. The van der Waals surface area contributed by atoms with E-state index in [2.05, 4.69) is 9.97 Å². The largest absolute Gasteiger partial charge is 0.481 e. The molecule has 23 heavy (non-hydrogen) atoms. The molecule has 6 heteroatoms. The highest BCUT2D eigenvalue weighted by Crippen LogP contribution is 2.31. The standard InChI is InChI=1S/C17H20N4O2/c1-4-13-18-10(2)15-17(22)20(9-11-5-6-11)12-7-8-14(23-3)19-16(12)21(13)15/h7-8,11H,4-6,9H2,1-3H3. The van der Waals surface area contributed by atoms with Gasteiger partial charge in [-0.3, -0.25) is 9.20 Å². The molecule has 120 valence electrons. The lowest BCUT2D eigenvalue weighted by molar-refractivity contribution is 0.399. The zero-order valence-corrected chi connectivity index (χ0v) is 13.7. The molecule has 3 aromatic rings. The molecular weight excluding hydrogens is 292 g/mol. The van der Waals surface area contributed by atoms with Crippen molar-refractivity contribution in [1.29, 1.82) is 0 Å². The van der Waals surface area contributed by atoms with Gasteiger partial charge < -0.3 is 9.30 Å². The summed E-state index contributed by atoms with van der Waals surface area (Å²) < 4.78 is 9.05. The molecule has 3 heterocycles. The fourth-order valence-corrected chi connectivity index (χ4v) is 3.19. The molecule has 0 saturated heterocycles. The monoisotopic (exact) mass is 312 g/mol. The lowest BCUT2D eigenvalue weighted by Crippen LogP contribution is -2.25. The van der Waals surface area contributed by atoms with Crippen LogP contribution in [-0.4, -0.2) is 26.0 Å². The summed E-state index contributed by atoms with van der Waals surface area (Å²) >= 11 is 0. The molecule has 0 aliphatic heterocycles. The van der Waals surface area contributed by atoms with Gasteiger partial charge in [-0.15, -0.1) is 0 Å². The van der Waals surface area contributed by atoms with Gasteiger partial charge in [-0.2, -0.15) is 4.98 Å². The molecule has 1 saturated carbocycles. The molecule has 0 N–H and O–H groups in total. The first-order valence-corrected chi connectivity index (χ1v) is 8.09. The molecule has 4 rings (SSSR count). The second kappa shape index (κ2) is 5.08. The minimum Gasteiger partial charge on any atom is -0.481 e. The Labute approximate surface area is 133 Å². The molecular formula is C17H20N4O2. The van der Waals surface area contributed by atoms with Crippen molar-refractivity contribution < 1.29 is 4.74 Å². The van der Waals surface area contributed by atoms with E-state index >= 15 is 0 Å². The van der Waals surface area contributed by atoms with Crippen molar-refractivity contribution in [2.75, 3.05) is 7.11 Å². The number of nitrogens with zero attached hydrogens (tertiary/aromatic N) is 4. The molecule has 0 aromatic carbocycles. The predicted octanol–water partition coefficient (Wildman–Crippen LogP) is 2.33. The maximum atomic E-state index is 13.1. The van der Waals surface area contributed by atoms with Crippen molar-refractivity contribution in [1.82, 2.24) is 18.9 Å². The molecule has 3 aromatic heterocycles. The van der Waals surface area contributed by atoms with Gasteiger partial charge >= 0.3 is 0 Å². The summed E-state index contributed by atoms with van der Waals surface area (Å²) in [5, 5.41) is 0. The van der Waals surface area contributed by atoms with Crippen molar-refractivity contribution in [3.63, 3.8) is 0 Å². The quantitative estimate of drug-likeness (QED) is 0.742.